The van der Waals surface area contributed by atoms with Crippen LogP contribution in [-0.2, 0) is 9.53 Å². The van der Waals surface area contributed by atoms with E-state index in [2.05, 4.69) is 5.32 Å². The molecule has 2 rings (SSSR count). The summed E-state index contributed by atoms with van der Waals surface area (Å²) < 4.78 is 5.47. The number of rotatable bonds is 2. The number of carbonyl (C=O) groups excluding carboxylic acids is 2. The van der Waals surface area contributed by atoms with Crippen molar-refractivity contribution in [2.45, 2.75) is 45.5 Å². The topological polar surface area (TPSA) is 116 Å². The number of aliphatic hydroxyl groups is 2. The van der Waals surface area contributed by atoms with Crippen molar-refractivity contribution in [2.75, 3.05) is 11.9 Å². The number of carbonyl (C=O) groups is 2. The average molecular weight is 389 g/mol. The molecule has 1 aliphatic heterocycles. The van der Waals surface area contributed by atoms with Gasteiger partial charge in [0.15, 0.2) is 5.78 Å². The lowest BCUT2D eigenvalue weighted by Crippen LogP contribution is -2.32. The van der Waals surface area contributed by atoms with Crippen LogP contribution >= 0.6 is 0 Å². The van der Waals surface area contributed by atoms with E-state index < -0.39 is 30.1 Å². The number of hydrogen-bond acceptors (Lipinski definition) is 7. The summed E-state index contributed by atoms with van der Waals surface area (Å²) in [6.07, 6.45) is 2.37. The van der Waals surface area contributed by atoms with Gasteiger partial charge in [0.2, 0.25) is 0 Å². The molecule has 0 spiro atoms. The highest BCUT2D eigenvalue weighted by Crippen LogP contribution is 2.29. The number of ether oxygens (including phenoxy) is 1. The third kappa shape index (κ3) is 5.21. The van der Waals surface area contributed by atoms with Crippen molar-refractivity contribution in [3.8, 4) is 5.75 Å². The lowest BCUT2D eigenvalue weighted by Gasteiger charge is -2.20. The lowest BCUT2D eigenvalue weighted by atomic mass is 9.99. The van der Waals surface area contributed by atoms with E-state index in [0.29, 0.717) is 17.8 Å². The molecule has 0 fully saturated rings. The van der Waals surface area contributed by atoms with Crippen LogP contribution in [-0.4, -0.2) is 51.9 Å². The first-order chi connectivity index (χ1) is 13.2. The van der Waals surface area contributed by atoms with E-state index in [4.69, 9.17) is 4.74 Å². The number of aliphatic hydroxyl groups excluding tert-OH is 2. The standard InChI is InChI=1S/C21H27NO6/c1-4-22-15-10-14-6-5-7-16(23)20(26)17(24)9-8-12(2)13(3)28-21(27)19(14)18(25)11-15/h5-6,8-13,16,20,22-23,25-26H,4,7H2,1-3H3/b6-5?,9-8+. The Morgan fingerprint density at radius 1 is 1.18 bits per heavy atom. The van der Waals surface area contributed by atoms with Gasteiger partial charge in [-0.25, -0.2) is 4.79 Å². The second kappa shape index (κ2) is 9.52. The second-order valence-electron chi connectivity index (χ2n) is 6.87. The molecule has 0 amide bonds. The Morgan fingerprint density at radius 3 is 2.57 bits per heavy atom. The summed E-state index contributed by atoms with van der Waals surface area (Å²) in [5.41, 5.74) is 1.04. The largest absolute Gasteiger partial charge is 0.507 e. The Balaban J connectivity index is 2.50. The van der Waals surface area contributed by atoms with Gasteiger partial charge in [-0.05, 0) is 38.0 Å². The van der Waals surface area contributed by atoms with E-state index >= 15 is 0 Å². The van der Waals surface area contributed by atoms with E-state index in [9.17, 15) is 24.9 Å². The summed E-state index contributed by atoms with van der Waals surface area (Å²) in [7, 11) is 0. The first kappa shape index (κ1) is 21.7. The van der Waals surface area contributed by atoms with Gasteiger partial charge in [0.05, 0.1) is 6.10 Å². The van der Waals surface area contributed by atoms with Crippen LogP contribution in [0.15, 0.2) is 30.4 Å². The molecule has 1 aromatic rings. The van der Waals surface area contributed by atoms with Gasteiger partial charge < -0.3 is 25.4 Å². The van der Waals surface area contributed by atoms with Crippen LogP contribution in [0.1, 0.15) is 43.1 Å². The van der Waals surface area contributed by atoms with Crippen LogP contribution in [0.4, 0.5) is 5.69 Å². The summed E-state index contributed by atoms with van der Waals surface area (Å²) in [5.74, 6) is -1.84. The molecule has 0 aromatic heterocycles. The van der Waals surface area contributed by atoms with Crippen LogP contribution in [0.2, 0.25) is 0 Å². The highest BCUT2D eigenvalue weighted by molar-refractivity contribution is 5.97. The molecule has 28 heavy (non-hydrogen) atoms. The number of nitrogens with one attached hydrogen (secondary N) is 1. The fourth-order valence-corrected chi connectivity index (χ4v) is 2.80. The Morgan fingerprint density at radius 2 is 1.89 bits per heavy atom. The highest BCUT2D eigenvalue weighted by atomic mass is 16.5. The molecule has 0 bridgehead atoms. The summed E-state index contributed by atoms with van der Waals surface area (Å²) in [6, 6.07) is 3.13. The van der Waals surface area contributed by atoms with E-state index in [0.717, 1.165) is 0 Å². The highest BCUT2D eigenvalue weighted by Gasteiger charge is 2.25. The molecule has 152 valence electrons. The first-order valence-corrected chi connectivity index (χ1v) is 9.31. The van der Waals surface area contributed by atoms with Crippen molar-refractivity contribution in [3.63, 3.8) is 0 Å². The zero-order chi connectivity index (χ0) is 20.8. The molecular formula is C21H27NO6. The summed E-state index contributed by atoms with van der Waals surface area (Å²) in [6.45, 7) is 5.96. The van der Waals surface area contributed by atoms with Crippen LogP contribution < -0.4 is 5.32 Å². The predicted octanol–water partition coefficient (Wildman–Crippen LogP) is 2.27. The van der Waals surface area contributed by atoms with Crippen molar-refractivity contribution >= 4 is 23.5 Å². The van der Waals surface area contributed by atoms with Gasteiger partial charge in [-0.1, -0.05) is 25.2 Å². The zero-order valence-electron chi connectivity index (χ0n) is 16.3. The number of fused-ring (bicyclic) bond motifs is 1. The third-order valence-electron chi connectivity index (χ3n) is 4.66. The fourth-order valence-electron chi connectivity index (χ4n) is 2.80. The summed E-state index contributed by atoms with van der Waals surface area (Å²) in [5, 5.41) is 33.5. The van der Waals surface area contributed by atoms with Gasteiger partial charge in [-0.2, -0.15) is 0 Å². The molecule has 0 aliphatic carbocycles. The number of cyclic esters (lactones) is 1. The van der Waals surface area contributed by atoms with Gasteiger partial charge >= 0.3 is 5.97 Å². The molecule has 1 aromatic carbocycles. The number of phenolic OH excluding ortho intramolecular Hbond substituents is 1. The van der Waals surface area contributed by atoms with Gasteiger partial charge in [0.1, 0.15) is 23.5 Å². The van der Waals surface area contributed by atoms with E-state index in [1.165, 1.54) is 24.3 Å². The van der Waals surface area contributed by atoms with Crippen molar-refractivity contribution in [1.82, 2.24) is 0 Å². The van der Waals surface area contributed by atoms with Crippen LogP contribution in [0.3, 0.4) is 0 Å². The first-order valence-electron chi connectivity index (χ1n) is 9.31. The number of ketones is 1. The van der Waals surface area contributed by atoms with E-state index in [-0.39, 0.29) is 23.7 Å². The Labute approximate surface area is 164 Å². The van der Waals surface area contributed by atoms with Crippen LogP contribution in [0, 0.1) is 5.92 Å². The number of phenols is 1. The molecule has 0 saturated heterocycles. The van der Waals surface area contributed by atoms with Crippen molar-refractivity contribution in [2.24, 2.45) is 5.92 Å². The minimum Gasteiger partial charge on any atom is -0.507 e. The SMILES string of the molecule is CCNc1cc(O)c2c(c1)C=CCC(O)C(O)C(=O)/C=C/C(C)C(C)OC2=O. The maximum atomic E-state index is 12.7. The molecule has 0 saturated carbocycles. The average Bonchev–Trinajstić information content (AvgIpc) is 2.64. The molecule has 1 aliphatic rings. The maximum Gasteiger partial charge on any atom is 0.342 e. The van der Waals surface area contributed by atoms with Gasteiger partial charge in [0.25, 0.3) is 0 Å². The van der Waals surface area contributed by atoms with Crippen molar-refractivity contribution in [3.05, 3.63) is 41.5 Å². The molecule has 4 N–H and O–H groups in total. The summed E-state index contributed by atoms with van der Waals surface area (Å²) in [4.78, 5) is 24.7. The Hall–Kier alpha value is -2.64. The molecule has 7 heteroatoms. The second-order valence-corrected chi connectivity index (χ2v) is 6.87. The normalized spacial score (nSPS) is 27.5. The predicted molar refractivity (Wildman–Crippen MR) is 106 cm³/mol. The van der Waals surface area contributed by atoms with E-state index in [1.54, 1.807) is 26.0 Å². The zero-order valence-corrected chi connectivity index (χ0v) is 16.3. The van der Waals surface area contributed by atoms with Crippen LogP contribution in [0.5, 0.6) is 5.75 Å². The monoisotopic (exact) mass is 389 g/mol. The summed E-state index contributed by atoms with van der Waals surface area (Å²) >= 11 is 0. The molecule has 4 unspecified atom stereocenters. The Kier molecular flexibility index (Phi) is 7.37. The molecule has 4 atom stereocenters. The quantitative estimate of drug-likeness (QED) is 0.573. The van der Waals surface area contributed by atoms with Gasteiger partial charge in [0, 0.05) is 24.2 Å². The van der Waals surface area contributed by atoms with E-state index in [1.807, 2.05) is 6.92 Å². The molecule has 1 heterocycles. The minimum absolute atomic E-state index is 0.00656. The fraction of sp³-hybridized carbons (Fsp3) is 0.429. The van der Waals surface area contributed by atoms with Gasteiger partial charge in [-0.15, -0.1) is 0 Å². The minimum atomic E-state index is -1.55. The number of hydrogen-bond donors (Lipinski definition) is 4. The number of aromatic hydroxyl groups is 1. The Bertz CT molecular complexity index is 785. The smallest absolute Gasteiger partial charge is 0.342 e. The van der Waals surface area contributed by atoms with Crippen molar-refractivity contribution in [1.29, 1.82) is 0 Å². The number of anilines is 1. The maximum absolute atomic E-state index is 12.7. The number of esters is 1. The third-order valence-corrected chi connectivity index (χ3v) is 4.66. The molecule has 7 nitrogen and oxygen atoms in total. The van der Waals surface area contributed by atoms with Crippen LogP contribution in [0.25, 0.3) is 6.08 Å². The lowest BCUT2D eigenvalue weighted by molar-refractivity contribution is -0.127. The molecule has 0 radical (unpaired) electrons. The van der Waals surface area contributed by atoms with Gasteiger partial charge in [-0.3, -0.25) is 4.79 Å². The molecular weight excluding hydrogens is 362 g/mol. The number of benzene rings is 1. The van der Waals surface area contributed by atoms with Crippen molar-refractivity contribution < 1.29 is 29.6 Å².